The molecule has 9 heteroatoms. The third-order valence-electron chi connectivity index (χ3n) is 5.51. The van der Waals surface area contributed by atoms with Gasteiger partial charge in [-0.3, -0.25) is 9.69 Å². The molecule has 6 nitrogen and oxygen atoms in total. The SMILES string of the molecule is C=CCSc1nnc(N2C(N)=C(C#N)C(c3ccccc3Cl)C3=C2CC(C)(C)CC3=O)s1. The molecule has 4 rings (SSSR count). The Morgan fingerprint density at radius 1 is 1.41 bits per heavy atom. The van der Waals surface area contributed by atoms with Crippen molar-refractivity contribution in [2.24, 2.45) is 11.1 Å². The van der Waals surface area contributed by atoms with E-state index in [1.165, 1.54) is 23.1 Å². The van der Waals surface area contributed by atoms with Gasteiger partial charge in [0, 0.05) is 28.5 Å². The highest BCUT2D eigenvalue weighted by Gasteiger charge is 2.45. The Morgan fingerprint density at radius 3 is 2.84 bits per heavy atom. The summed E-state index contributed by atoms with van der Waals surface area (Å²) in [6.07, 6.45) is 2.80. The Balaban J connectivity index is 1.94. The maximum absolute atomic E-state index is 13.5. The van der Waals surface area contributed by atoms with E-state index in [1.54, 1.807) is 17.0 Å². The summed E-state index contributed by atoms with van der Waals surface area (Å²) in [4.78, 5) is 15.2. The number of Topliss-reactive ketones (excluding diaryl/α,β-unsaturated/α-hetero) is 1. The van der Waals surface area contributed by atoms with E-state index in [0.717, 1.165) is 10.0 Å². The van der Waals surface area contributed by atoms with Gasteiger partial charge < -0.3 is 5.73 Å². The predicted molar refractivity (Wildman–Crippen MR) is 129 cm³/mol. The van der Waals surface area contributed by atoms with E-state index >= 15 is 0 Å². The van der Waals surface area contributed by atoms with Crippen LogP contribution in [0, 0.1) is 16.7 Å². The maximum atomic E-state index is 13.5. The Labute approximate surface area is 200 Å². The lowest BCUT2D eigenvalue weighted by atomic mass is 9.68. The molecular weight excluding hydrogens is 462 g/mol. The molecule has 0 saturated heterocycles. The molecule has 0 spiro atoms. The summed E-state index contributed by atoms with van der Waals surface area (Å²) in [5.41, 5.74) is 8.68. The molecule has 1 aromatic carbocycles. The summed E-state index contributed by atoms with van der Waals surface area (Å²) in [6, 6.07) is 9.54. The molecule has 1 atom stereocenters. The zero-order valence-corrected chi connectivity index (χ0v) is 20.2. The van der Waals surface area contributed by atoms with Gasteiger partial charge in [-0.2, -0.15) is 5.26 Å². The second-order valence-corrected chi connectivity index (χ2v) is 11.1. The van der Waals surface area contributed by atoms with Crippen molar-refractivity contribution in [2.45, 2.75) is 36.9 Å². The average molecular weight is 484 g/mol. The fraction of sp³-hybridized carbons (Fsp3) is 0.304. The van der Waals surface area contributed by atoms with Crippen LogP contribution in [0.1, 0.15) is 38.2 Å². The number of anilines is 1. The van der Waals surface area contributed by atoms with E-state index in [1.807, 2.05) is 18.2 Å². The molecule has 0 saturated carbocycles. The van der Waals surface area contributed by atoms with Crippen LogP contribution < -0.4 is 10.6 Å². The van der Waals surface area contributed by atoms with Gasteiger partial charge in [0.05, 0.1) is 17.6 Å². The van der Waals surface area contributed by atoms with Crippen LogP contribution >= 0.6 is 34.7 Å². The molecule has 0 bridgehead atoms. The molecule has 1 aliphatic heterocycles. The van der Waals surface area contributed by atoms with Crippen molar-refractivity contribution in [2.75, 3.05) is 10.7 Å². The summed E-state index contributed by atoms with van der Waals surface area (Å²) in [7, 11) is 0. The van der Waals surface area contributed by atoms with E-state index in [9.17, 15) is 10.1 Å². The van der Waals surface area contributed by atoms with Crippen molar-refractivity contribution in [3.8, 4) is 6.07 Å². The second kappa shape index (κ2) is 8.74. The quantitative estimate of drug-likeness (QED) is 0.448. The number of halogens is 1. The van der Waals surface area contributed by atoms with Crippen LogP contribution in [0.15, 0.2) is 63.9 Å². The van der Waals surface area contributed by atoms with Crippen LogP contribution in [0.25, 0.3) is 0 Å². The molecule has 2 aromatic rings. The number of thioether (sulfide) groups is 1. The van der Waals surface area contributed by atoms with Crippen LogP contribution in [-0.4, -0.2) is 21.7 Å². The van der Waals surface area contributed by atoms with Gasteiger partial charge in [-0.25, -0.2) is 0 Å². The number of carbonyl (C=O) groups excluding carboxylic acids is 1. The van der Waals surface area contributed by atoms with Gasteiger partial charge >= 0.3 is 0 Å². The van der Waals surface area contributed by atoms with Crippen molar-refractivity contribution in [1.82, 2.24) is 10.2 Å². The number of hydrogen-bond acceptors (Lipinski definition) is 8. The van der Waals surface area contributed by atoms with E-state index in [4.69, 9.17) is 17.3 Å². The molecule has 164 valence electrons. The average Bonchev–Trinajstić information content (AvgIpc) is 3.19. The topological polar surface area (TPSA) is 95.9 Å². The zero-order chi connectivity index (χ0) is 23.0. The fourth-order valence-corrected chi connectivity index (χ4v) is 6.12. The summed E-state index contributed by atoms with van der Waals surface area (Å²) in [6.45, 7) is 7.85. The summed E-state index contributed by atoms with van der Waals surface area (Å²) in [5.74, 6) is 0.360. The molecule has 2 heterocycles. The molecule has 1 aromatic heterocycles. The van der Waals surface area contributed by atoms with Crippen molar-refractivity contribution < 1.29 is 4.79 Å². The number of carbonyl (C=O) groups is 1. The van der Waals surface area contributed by atoms with Crippen LogP contribution in [0.4, 0.5) is 5.13 Å². The van der Waals surface area contributed by atoms with E-state index in [2.05, 4.69) is 36.7 Å². The van der Waals surface area contributed by atoms with E-state index in [0.29, 0.717) is 45.5 Å². The Bertz CT molecular complexity index is 1210. The first-order valence-electron chi connectivity index (χ1n) is 10.0. The number of allylic oxidation sites excluding steroid dienone is 3. The van der Waals surface area contributed by atoms with Crippen molar-refractivity contribution in [3.05, 3.63) is 70.2 Å². The molecule has 1 unspecified atom stereocenters. The smallest absolute Gasteiger partial charge is 0.219 e. The molecule has 2 aliphatic rings. The molecule has 0 radical (unpaired) electrons. The van der Waals surface area contributed by atoms with Gasteiger partial charge in [0.1, 0.15) is 5.82 Å². The van der Waals surface area contributed by atoms with E-state index < -0.39 is 5.92 Å². The normalized spacial score (nSPS) is 20.2. The number of hydrogen-bond donors (Lipinski definition) is 1. The Hall–Kier alpha value is -2.60. The molecule has 2 N–H and O–H groups in total. The highest BCUT2D eigenvalue weighted by molar-refractivity contribution is 8.01. The highest BCUT2D eigenvalue weighted by Crippen LogP contribution is 2.51. The number of aromatic nitrogens is 2. The minimum absolute atomic E-state index is 0.00260. The Kier molecular flexibility index (Phi) is 6.17. The van der Waals surface area contributed by atoms with Gasteiger partial charge in [-0.05, 0) is 23.5 Å². The van der Waals surface area contributed by atoms with E-state index in [-0.39, 0.29) is 17.0 Å². The summed E-state index contributed by atoms with van der Waals surface area (Å²) >= 11 is 9.41. The van der Waals surface area contributed by atoms with Crippen molar-refractivity contribution in [3.63, 3.8) is 0 Å². The summed E-state index contributed by atoms with van der Waals surface area (Å²) in [5, 5.41) is 19.7. The largest absolute Gasteiger partial charge is 0.384 e. The number of benzene rings is 1. The molecular formula is C23H22ClN5OS2. The number of nitrogens with zero attached hydrogens (tertiary/aromatic N) is 4. The maximum Gasteiger partial charge on any atom is 0.219 e. The highest BCUT2D eigenvalue weighted by atomic mass is 35.5. The molecule has 32 heavy (non-hydrogen) atoms. The third-order valence-corrected chi connectivity index (χ3v) is 7.89. The van der Waals surface area contributed by atoms with Crippen LogP contribution in [0.5, 0.6) is 0 Å². The van der Waals surface area contributed by atoms with Crippen molar-refractivity contribution in [1.29, 1.82) is 5.26 Å². The van der Waals surface area contributed by atoms with Gasteiger partial charge in [-0.1, -0.05) is 72.8 Å². The van der Waals surface area contributed by atoms with Gasteiger partial charge in [0.2, 0.25) is 5.13 Å². The summed E-state index contributed by atoms with van der Waals surface area (Å²) < 4.78 is 0.767. The third kappa shape index (κ3) is 3.96. The molecule has 1 aliphatic carbocycles. The van der Waals surface area contributed by atoms with Gasteiger partial charge in [-0.15, -0.1) is 16.8 Å². The minimum Gasteiger partial charge on any atom is -0.384 e. The lowest BCUT2D eigenvalue weighted by molar-refractivity contribution is -0.118. The fourth-order valence-electron chi connectivity index (χ4n) is 4.23. The first-order chi connectivity index (χ1) is 15.3. The minimum atomic E-state index is -0.605. The first kappa shape index (κ1) is 22.6. The molecule has 0 fully saturated rings. The predicted octanol–water partition coefficient (Wildman–Crippen LogP) is 5.41. The van der Waals surface area contributed by atoms with Crippen molar-refractivity contribution >= 4 is 45.6 Å². The number of nitrogens with two attached hydrogens (primary N) is 1. The zero-order valence-electron chi connectivity index (χ0n) is 17.8. The molecule has 0 amide bonds. The Morgan fingerprint density at radius 2 is 2.16 bits per heavy atom. The lowest BCUT2D eigenvalue weighted by Crippen LogP contribution is -2.42. The van der Waals surface area contributed by atoms with Crippen LogP contribution in [0.2, 0.25) is 5.02 Å². The van der Waals surface area contributed by atoms with Crippen LogP contribution in [0.3, 0.4) is 0 Å². The standard InChI is InChI=1S/C23H22ClN5OS2/c1-4-9-31-22-28-27-21(32-22)29-16-10-23(2,3)11-17(30)19(16)18(14(12-25)20(29)26)13-7-5-6-8-15(13)24/h4-8,18H,1,9-11,26H2,2-3H3. The number of ketones is 1. The number of rotatable bonds is 5. The van der Waals surface area contributed by atoms with Gasteiger partial charge in [0.25, 0.3) is 0 Å². The number of nitriles is 1. The van der Waals surface area contributed by atoms with Gasteiger partial charge in [0.15, 0.2) is 10.1 Å². The van der Waals surface area contributed by atoms with Crippen LogP contribution in [-0.2, 0) is 4.79 Å². The lowest BCUT2D eigenvalue weighted by Gasteiger charge is -2.42. The second-order valence-electron chi connectivity index (χ2n) is 8.45. The first-order valence-corrected chi connectivity index (χ1v) is 12.2. The monoisotopic (exact) mass is 483 g/mol.